The van der Waals surface area contributed by atoms with E-state index in [4.69, 9.17) is 9.47 Å². The third kappa shape index (κ3) is 5.63. The van der Waals surface area contributed by atoms with Gasteiger partial charge < -0.3 is 19.3 Å². The topological polar surface area (TPSA) is 59.1 Å². The van der Waals surface area contributed by atoms with Crippen molar-refractivity contribution in [2.75, 3.05) is 33.4 Å². The maximum absolute atomic E-state index is 13.4. The van der Waals surface area contributed by atoms with Crippen molar-refractivity contribution in [3.05, 3.63) is 46.2 Å². The van der Waals surface area contributed by atoms with Crippen molar-refractivity contribution in [2.24, 2.45) is 5.92 Å². The molecule has 32 heavy (non-hydrogen) atoms. The summed E-state index contributed by atoms with van der Waals surface area (Å²) < 4.78 is 11.5. The standard InChI is InChI=1S/C25H34N2O4S/c1-5-18(3)15-26(24(28)6-2)16-25(29)27-13-11-23-19(12-14-32-23)20(27)17-31-22-10-8-7-9-21(22)30-4/h7-10,12,14,18,20H,5-6,11,13,15-17H2,1-4H3/t18-,20-/m1/s1. The Morgan fingerprint density at radius 3 is 2.66 bits per heavy atom. The summed E-state index contributed by atoms with van der Waals surface area (Å²) in [4.78, 5) is 30.9. The van der Waals surface area contributed by atoms with Gasteiger partial charge in [0.15, 0.2) is 11.5 Å². The van der Waals surface area contributed by atoms with Crippen molar-refractivity contribution in [1.82, 2.24) is 9.80 Å². The Morgan fingerprint density at radius 1 is 1.22 bits per heavy atom. The maximum Gasteiger partial charge on any atom is 0.242 e. The molecule has 0 unspecified atom stereocenters. The van der Waals surface area contributed by atoms with Gasteiger partial charge in [0, 0.05) is 24.4 Å². The summed E-state index contributed by atoms with van der Waals surface area (Å²) in [5.41, 5.74) is 1.14. The van der Waals surface area contributed by atoms with Gasteiger partial charge in [0.1, 0.15) is 6.61 Å². The molecule has 0 bridgehead atoms. The third-order valence-corrected chi connectivity index (χ3v) is 7.09. The number of methoxy groups -OCH3 is 1. The predicted octanol–water partition coefficient (Wildman–Crippen LogP) is 4.55. The van der Waals surface area contributed by atoms with Crippen LogP contribution in [0.4, 0.5) is 0 Å². The van der Waals surface area contributed by atoms with Crippen LogP contribution in [0.15, 0.2) is 35.7 Å². The Balaban J connectivity index is 1.78. The minimum atomic E-state index is -0.190. The van der Waals surface area contributed by atoms with Crippen LogP contribution in [0.3, 0.4) is 0 Å². The molecule has 0 spiro atoms. The number of carbonyl (C=O) groups excluding carboxylic acids is 2. The Kier molecular flexibility index (Phi) is 8.56. The first-order chi connectivity index (χ1) is 15.5. The maximum atomic E-state index is 13.4. The monoisotopic (exact) mass is 458 g/mol. The molecule has 0 N–H and O–H groups in total. The van der Waals surface area contributed by atoms with E-state index in [1.165, 1.54) is 4.88 Å². The Hall–Kier alpha value is -2.54. The zero-order chi connectivity index (χ0) is 23.1. The minimum absolute atomic E-state index is 0.0219. The lowest BCUT2D eigenvalue weighted by atomic mass is 10.00. The molecule has 0 aliphatic carbocycles. The van der Waals surface area contributed by atoms with Crippen LogP contribution in [0.25, 0.3) is 0 Å². The molecule has 2 amide bonds. The van der Waals surface area contributed by atoms with Gasteiger partial charge in [-0.3, -0.25) is 9.59 Å². The molecule has 7 heteroatoms. The lowest BCUT2D eigenvalue weighted by Gasteiger charge is -2.37. The van der Waals surface area contributed by atoms with E-state index in [-0.39, 0.29) is 24.4 Å². The predicted molar refractivity (Wildman–Crippen MR) is 127 cm³/mol. The summed E-state index contributed by atoms with van der Waals surface area (Å²) in [6.07, 6.45) is 2.20. The molecule has 6 nitrogen and oxygen atoms in total. The number of para-hydroxylation sites is 2. The molecule has 0 saturated carbocycles. The fourth-order valence-corrected chi connectivity index (χ4v) is 4.95. The summed E-state index contributed by atoms with van der Waals surface area (Å²) in [6, 6.07) is 9.43. The first kappa shape index (κ1) is 24.1. The van der Waals surface area contributed by atoms with Gasteiger partial charge >= 0.3 is 0 Å². The fourth-order valence-electron chi connectivity index (χ4n) is 4.02. The fraction of sp³-hybridized carbons (Fsp3) is 0.520. The van der Waals surface area contributed by atoms with Crippen LogP contribution in [0, 0.1) is 5.92 Å². The van der Waals surface area contributed by atoms with Crippen molar-refractivity contribution in [3.8, 4) is 11.5 Å². The van der Waals surface area contributed by atoms with E-state index >= 15 is 0 Å². The minimum Gasteiger partial charge on any atom is -0.493 e. The number of carbonyl (C=O) groups is 2. The second-order valence-electron chi connectivity index (χ2n) is 8.26. The average Bonchev–Trinajstić information content (AvgIpc) is 3.30. The third-order valence-electron chi connectivity index (χ3n) is 6.09. The summed E-state index contributed by atoms with van der Waals surface area (Å²) >= 11 is 1.72. The van der Waals surface area contributed by atoms with Crippen molar-refractivity contribution in [2.45, 2.75) is 46.1 Å². The molecule has 1 aromatic carbocycles. The second-order valence-corrected chi connectivity index (χ2v) is 9.26. The molecule has 0 fully saturated rings. The van der Waals surface area contributed by atoms with Crippen molar-refractivity contribution in [3.63, 3.8) is 0 Å². The van der Waals surface area contributed by atoms with Gasteiger partial charge in [-0.2, -0.15) is 0 Å². The Bertz CT molecular complexity index is 913. The number of ether oxygens (including phenoxy) is 2. The van der Waals surface area contributed by atoms with E-state index in [1.54, 1.807) is 23.3 Å². The smallest absolute Gasteiger partial charge is 0.242 e. The number of hydrogen-bond donors (Lipinski definition) is 0. The van der Waals surface area contributed by atoms with Gasteiger partial charge in [-0.15, -0.1) is 11.3 Å². The van der Waals surface area contributed by atoms with Crippen LogP contribution in [-0.2, 0) is 16.0 Å². The van der Waals surface area contributed by atoms with E-state index in [0.717, 1.165) is 18.4 Å². The molecule has 1 aliphatic rings. The molecule has 2 atom stereocenters. The number of amides is 2. The Labute approximate surface area is 195 Å². The summed E-state index contributed by atoms with van der Waals surface area (Å²) in [7, 11) is 1.62. The highest BCUT2D eigenvalue weighted by Gasteiger charge is 2.33. The molecular formula is C25H34N2O4S. The van der Waals surface area contributed by atoms with Crippen LogP contribution >= 0.6 is 11.3 Å². The SMILES string of the molecule is CCC(=O)N(CC(=O)N1CCc2sccc2[C@H]1COc1ccccc1OC)C[C@H](C)CC. The van der Waals surface area contributed by atoms with Gasteiger partial charge in [-0.1, -0.05) is 39.3 Å². The van der Waals surface area contributed by atoms with Crippen LogP contribution in [0.5, 0.6) is 11.5 Å². The molecular weight excluding hydrogens is 424 g/mol. The van der Waals surface area contributed by atoms with Crippen molar-refractivity contribution < 1.29 is 19.1 Å². The summed E-state index contributed by atoms with van der Waals surface area (Å²) in [5, 5.41) is 2.07. The van der Waals surface area contributed by atoms with E-state index < -0.39 is 0 Å². The zero-order valence-corrected chi connectivity index (χ0v) is 20.3. The summed E-state index contributed by atoms with van der Waals surface area (Å²) in [5.74, 6) is 1.67. The van der Waals surface area contributed by atoms with Crippen molar-refractivity contribution in [1.29, 1.82) is 0 Å². The molecule has 0 radical (unpaired) electrons. The number of rotatable bonds is 10. The van der Waals surface area contributed by atoms with Gasteiger partial charge in [-0.25, -0.2) is 0 Å². The second kappa shape index (κ2) is 11.4. The van der Waals surface area contributed by atoms with E-state index in [0.29, 0.717) is 43.5 Å². The average molecular weight is 459 g/mol. The molecule has 2 heterocycles. The summed E-state index contributed by atoms with van der Waals surface area (Å²) in [6.45, 7) is 7.75. The normalized spacial score (nSPS) is 16.2. The molecule has 1 aromatic heterocycles. The first-order valence-electron chi connectivity index (χ1n) is 11.4. The largest absolute Gasteiger partial charge is 0.493 e. The van der Waals surface area contributed by atoms with Gasteiger partial charge in [0.25, 0.3) is 0 Å². The Morgan fingerprint density at radius 2 is 1.97 bits per heavy atom. The number of nitrogens with zero attached hydrogens (tertiary/aromatic N) is 2. The highest BCUT2D eigenvalue weighted by atomic mass is 32.1. The van der Waals surface area contributed by atoms with Gasteiger partial charge in [0.2, 0.25) is 11.8 Å². The van der Waals surface area contributed by atoms with Crippen LogP contribution in [0.1, 0.15) is 50.1 Å². The molecule has 1 aliphatic heterocycles. The molecule has 2 aromatic rings. The van der Waals surface area contributed by atoms with E-state index in [9.17, 15) is 9.59 Å². The highest BCUT2D eigenvalue weighted by molar-refractivity contribution is 7.10. The van der Waals surface area contributed by atoms with Gasteiger partial charge in [-0.05, 0) is 41.5 Å². The number of hydrogen-bond acceptors (Lipinski definition) is 5. The van der Waals surface area contributed by atoms with Crippen LogP contribution < -0.4 is 9.47 Å². The molecule has 3 rings (SSSR count). The van der Waals surface area contributed by atoms with Crippen LogP contribution in [-0.4, -0.2) is 55.0 Å². The van der Waals surface area contributed by atoms with E-state index in [1.807, 2.05) is 36.1 Å². The lowest BCUT2D eigenvalue weighted by molar-refractivity contribution is -0.143. The number of fused-ring (bicyclic) bond motifs is 1. The quantitative estimate of drug-likeness (QED) is 0.524. The van der Waals surface area contributed by atoms with E-state index in [2.05, 4.69) is 25.3 Å². The number of thiophene rings is 1. The van der Waals surface area contributed by atoms with Gasteiger partial charge in [0.05, 0.1) is 19.7 Å². The highest BCUT2D eigenvalue weighted by Crippen LogP contribution is 2.35. The number of benzene rings is 1. The van der Waals surface area contributed by atoms with Crippen LogP contribution in [0.2, 0.25) is 0 Å². The lowest BCUT2D eigenvalue weighted by Crippen LogP contribution is -2.48. The molecule has 0 saturated heterocycles. The zero-order valence-electron chi connectivity index (χ0n) is 19.5. The molecule has 174 valence electrons. The van der Waals surface area contributed by atoms with Crippen molar-refractivity contribution >= 4 is 23.2 Å². The first-order valence-corrected chi connectivity index (χ1v) is 12.3.